The Kier molecular flexibility index (Phi) is 2.16. The summed E-state index contributed by atoms with van der Waals surface area (Å²) in [6.07, 6.45) is 16.8. The van der Waals surface area contributed by atoms with Crippen molar-refractivity contribution in [1.82, 2.24) is 0 Å². The molecule has 0 atom stereocenters. The van der Waals surface area contributed by atoms with E-state index in [1.54, 1.807) is 0 Å². The van der Waals surface area contributed by atoms with Crippen LogP contribution in [-0.4, -0.2) is 6.88 Å². The van der Waals surface area contributed by atoms with Crippen LogP contribution in [0.15, 0.2) is 48.6 Å². The minimum atomic E-state index is -4.78. The predicted octanol–water partition coefficient (Wildman–Crippen LogP) is 4.53. The van der Waals surface area contributed by atoms with Crippen LogP contribution in [0.2, 0.25) is 16.5 Å². The third-order valence-electron chi connectivity index (χ3n) is 4.19. The summed E-state index contributed by atoms with van der Waals surface area (Å²) in [7, 11) is 14.6. The first-order valence-electron chi connectivity index (χ1n) is 5.64. The van der Waals surface area contributed by atoms with Crippen molar-refractivity contribution in [3.8, 4) is 0 Å². The molecule has 0 aromatic carbocycles. The quantitative estimate of drug-likeness (QED) is 0.641. The molecule has 0 aliphatic heterocycles. The van der Waals surface area contributed by atoms with Crippen molar-refractivity contribution in [3.63, 3.8) is 0 Å². The monoisotopic (exact) mass is 350 g/mol. The maximum absolute atomic E-state index is 7.28. The molecule has 2 aliphatic carbocycles. The van der Waals surface area contributed by atoms with Crippen LogP contribution in [0.3, 0.4) is 0 Å². The third kappa shape index (κ3) is 1.82. The summed E-state index contributed by atoms with van der Waals surface area (Å²) in [4.78, 5) is 0. The Morgan fingerprint density at radius 2 is 1.06 bits per heavy atom. The van der Waals surface area contributed by atoms with Gasteiger partial charge in [-0.2, -0.15) is 0 Å². The normalized spacial score (nSPS) is 27.9. The van der Waals surface area contributed by atoms with Gasteiger partial charge < -0.3 is 0 Å². The Morgan fingerprint density at radius 3 is 1.31 bits per heavy atom. The van der Waals surface area contributed by atoms with E-state index in [0.29, 0.717) is 0 Å². The second kappa shape index (κ2) is 2.64. The van der Waals surface area contributed by atoms with Crippen LogP contribution in [0.1, 0.15) is 0 Å². The van der Waals surface area contributed by atoms with Gasteiger partial charge in [-0.1, -0.05) is 0 Å². The molecule has 0 N–H and O–H groups in total. The molecule has 0 saturated heterocycles. The van der Waals surface area contributed by atoms with Crippen LogP contribution >= 0.6 is 17.0 Å². The Bertz CT molecular complexity index is 503. The van der Waals surface area contributed by atoms with E-state index < -0.39 is 12.0 Å². The van der Waals surface area contributed by atoms with Crippen LogP contribution in [0.4, 0.5) is 0 Å². The molecule has 0 radical (unpaired) electrons. The number of rotatable bonds is 2. The molecule has 0 spiro atoms. The summed E-state index contributed by atoms with van der Waals surface area (Å²) in [6.45, 7) is 1.86. The number of allylic oxidation sites excluding steroid dienone is 8. The molecule has 0 aromatic heterocycles. The van der Waals surface area contributed by atoms with Gasteiger partial charge in [-0.15, -0.1) is 0 Å². The second-order valence-electron chi connectivity index (χ2n) is 7.06. The first-order chi connectivity index (χ1) is 6.96. The number of halogens is 2. The first kappa shape index (κ1) is 13.1. The fraction of sp³-hybridized carbons (Fsp3) is 0.333. The molecule has 0 fully saturated rings. The molecule has 2 aliphatic rings. The van der Waals surface area contributed by atoms with Crippen LogP contribution in [0.5, 0.6) is 0 Å². The van der Waals surface area contributed by atoms with Gasteiger partial charge in [0.15, 0.2) is 0 Å². The molecule has 0 aromatic rings. The number of hydrogen-bond donors (Lipinski definition) is 0. The van der Waals surface area contributed by atoms with Gasteiger partial charge in [0.2, 0.25) is 0 Å². The Balaban J connectivity index is 2.75. The molecule has 0 saturated carbocycles. The van der Waals surface area contributed by atoms with E-state index >= 15 is 0 Å². The van der Waals surface area contributed by atoms with Crippen molar-refractivity contribution < 1.29 is 12.0 Å². The summed E-state index contributed by atoms with van der Waals surface area (Å²) in [5.74, 6) is 0. The Labute approximate surface area is 100 Å². The summed E-state index contributed by atoms with van der Waals surface area (Å²) in [5, 5.41) is 0. The van der Waals surface area contributed by atoms with Gasteiger partial charge in [0, 0.05) is 0 Å². The van der Waals surface area contributed by atoms with E-state index in [1.807, 2.05) is 31.2 Å². The van der Waals surface area contributed by atoms with Gasteiger partial charge in [-0.25, -0.2) is 0 Å². The maximum atomic E-state index is 7.28. The van der Waals surface area contributed by atoms with Gasteiger partial charge in [0.1, 0.15) is 0 Å². The number of hydrogen-bond acceptors (Lipinski definition) is 0. The minimum absolute atomic E-state index is 0.163. The van der Waals surface area contributed by atoms with Gasteiger partial charge >= 0.3 is 101 Å². The molecule has 0 bridgehead atoms. The predicted molar refractivity (Wildman–Crippen MR) is 76.0 cm³/mol. The van der Waals surface area contributed by atoms with Crippen LogP contribution in [0.25, 0.3) is 0 Å². The standard InChI is InChI=1S/2C5H5.2CH3.2ClH.H2Si.Zr/c2*1-2-4-5-3-1;;;;;;/h2*1-5H;2*1H3;2*1H;1H2;/q;;;;;;;+2/p-2. The van der Waals surface area contributed by atoms with Crippen molar-refractivity contribution in [2.75, 3.05) is 0 Å². The SMILES string of the molecule is [CH3][Zr]([CH3])(=[SiH2])([Cl])([Cl])([CH]1C=CC=C1)[CH]1C=CC=C1. The summed E-state index contributed by atoms with van der Waals surface area (Å²) in [6, 6.07) is 0. The van der Waals surface area contributed by atoms with E-state index in [-0.39, 0.29) is 7.25 Å². The van der Waals surface area contributed by atoms with Crippen LogP contribution in [0, 0.1) is 0 Å². The molecule has 0 nitrogen and oxygen atoms in total. The molecule has 0 unspecified atom stereocenters. The van der Waals surface area contributed by atoms with E-state index in [0.717, 1.165) is 0 Å². The van der Waals surface area contributed by atoms with E-state index in [9.17, 15) is 0 Å². The fourth-order valence-corrected chi connectivity index (χ4v) is 19.1. The topological polar surface area (TPSA) is 0 Å². The fourth-order valence-electron chi connectivity index (χ4n) is 2.64. The van der Waals surface area contributed by atoms with E-state index in [2.05, 4.69) is 33.6 Å². The molecular weight excluding hydrogens is 334 g/mol. The van der Waals surface area contributed by atoms with Crippen LogP contribution < -0.4 is 0 Å². The molecule has 4 heteroatoms. The molecule has 16 heavy (non-hydrogen) atoms. The van der Waals surface area contributed by atoms with Crippen molar-refractivity contribution >= 4 is 23.9 Å². The zero-order chi connectivity index (χ0) is 12.2. The van der Waals surface area contributed by atoms with Crippen molar-refractivity contribution in [1.29, 1.82) is 0 Å². The molecule has 0 heterocycles. The first-order valence-corrected chi connectivity index (χ1v) is 25.6. The molecule has 0 amide bonds. The van der Waals surface area contributed by atoms with Gasteiger partial charge in [-0.3, -0.25) is 0 Å². The van der Waals surface area contributed by atoms with Gasteiger partial charge in [0.25, 0.3) is 0 Å². The molecular formula is C12H18Cl2SiZr. The summed E-state index contributed by atoms with van der Waals surface area (Å²) in [5.41, 5.74) is 0. The average molecular weight is 352 g/mol. The zero-order valence-electron chi connectivity index (χ0n) is 9.74. The van der Waals surface area contributed by atoms with Crippen molar-refractivity contribution in [2.24, 2.45) is 0 Å². The van der Waals surface area contributed by atoms with Crippen molar-refractivity contribution in [2.45, 2.75) is 16.5 Å². The average Bonchev–Trinajstić information content (AvgIpc) is 2.76. The van der Waals surface area contributed by atoms with Gasteiger partial charge in [-0.05, 0) is 0 Å². The van der Waals surface area contributed by atoms with Crippen molar-refractivity contribution in [3.05, 3.63) is 48.6 Å². The van der Waals surface area contributed by atoms with Gasteiger partial charge in [0.05, 0.1) is 0 Å². The molecule has 2 rings (SSSR count). The third-order valence-corrected chi connectivity index (χ3v) is 30.9. The summed E-state index contributed by atoms with van der Waals surface area (Å²) < 4.78 is 4.59. The summed E-state index contributed by atoms with van der Waals surface area (Å²) >= 11 is -4.78. The molecule has 88 valence electrons. The Morgan fingerprint density at radius 1 is 0.812 bits per heavy atom. The second-order valence-corrected chi connectivity index (χ2v) is 75.6. The van der Waals surface area contributed by atoms with Crippen LogP contribution in [-0.2, 0) is 12.0 Å². The Hall–Kier alpha value is 0.640. The van der Waals surface area contributed by atoms with E-state index in [1.165, 1.54) is 0 Å². The van der Waals surface area contributed by atoms with E-state index in [4.69, 9.17) is 17.0 Å². The zero-order valence-corrected chi connectivity index (χ0v) is 15.1.